The molecule has 1 aliphatic heterocycles. The van der Waals surface area contributed by atoms with Crippen LogP contribution in [0.25, 0.3) is 0 Å². The molecule has 1 aromatic carbocycles. The fourth-order valence-electron chi connectivity index (χ4n) is 2.15. The van der Waals surface area contributed by atoms with Gasteiger partial charge in [0.25, 0.3) is 0 Å². The lowest BCUT2D eigenvalue weighted by molar-refractivity contribution is 0.376. The topological polar surface area (TPSA) is 51.0 Å². The smallest absolute Gasteiger partial charge is 0.245 e. The molecule has 0 bridgehead atoms. The summed E-state index contributed by atoms with van der Waals surface area (Å²) in [6.45, 7) is 0.578. The highest BCUT2D eigenvalue weighted by Gasteiger charge is 2.21. The summed E-state index contributed by atoms with van der Waals surface area (Å²) in [7, 11) is 0. The largest absolute Gasteiger partial charge is 0.376 e. The lowest BCUT2D eigenvalue weighted by atomic mass is 10.2. The van der Waals surface area contributed by atoms with E-state index in [9.17, 15) is 0 Å². The van der Waals surface area contributed by atoms with Crippen molar-refractivity contribution in [2.75, 3.05) is 11.1 Å². The predicted molar refractivity (Wildman–Crippen MR) is 77.1 cm³/mol. The molecule has 1 aliphatic rings. The van der Waals surface area contributed by atoms with Crippen molar-refractivity contribution < 1.29 is 4.52 Å². The third-order valence-electron chi connectivity index (χ3n) is 3.17. The molecule has 0 aliphatic carbocycles. The molecule has 0 saturated carbocycles. The SMILES string of the molecule is c1ccc(NCc2nc(C3CCCCS3)no2)cc1. The number of hydrogen-bond acceptors (Lipinski definition) is 5. The summed E-state index contributed by atoms with van der Waals surface area (Å²) in [5.41, 5.74) is 1.06. The van der Waals surface area contributed by atoms with E-state index < -0.39 is 0 Å². The molecule has 4 nitrogen and oxygen atoms in total. The molecule has 2 heterocycles. The van der Waals surface area contributed by atoms with Crippen molar-refractivity contribution in [1.29, 1.82) is 0 Å². The maximum absolute atomic E-state index is 5.30. The van der Waals surface area contributed by atoms with E-state index in [-0.39, 0.29) is 0 Å². The Kier molecular flexibility index (Phi) is 4.03. The van der Waals surface area contributed by atoms with E-state index in [1.807, 2.05) is 42.1 Å². The number of aromatic nitrogens is 2. The molecular weight excluding hydrogens is 258 g/mol. The highest BCUT2D eigenvalue weighted by Crippen LogP contribution is 2.36. The maximum Gasteiger partial charge on any atom is 0.245 e. The Hall–Kier alpha value is -1.49. The lowest BCUT2D eigenvalue weighted by Crippen LogP contribution is -2.04. The zero-order valence-corrected chi connectivity index (χ0v) is 11.5. The van der Waals surface area contributed by atoms with Crippen LogP contribution in [0.15, 0.2) is 34.9 Å². The fraction of sp³-hybridized carbons (Fsp3) is 0.429. The number of thioether (sulfide) groups is 1. The van der Waals surface area contributed by atoms with Crippen molar-refractivity contribution in [2.24, 2.45) is 0 Å². The Morgan fingerprint density at radius 3 is 2.95 bits per heavy atom. The monoisotopic (exact) mass is 275 g/mol. The molecule has 3 rings (SSSR count). The van der Waals surface area contributed by atoms with Gasteiger partial charge in [-0.3, -0.25) is 0 Å². The molecule has 1 N–H and O–H groups in total. The molecule has 1 aromatic heterocycles. The van der Waals surface area contributed by atoms with Crippen molar-refractivity contribution in [3.05, 3.63) is 42.0 Å². The van der Waals surface area contributed by atoms with Crippen LogP contribution in [0.1, 0.15) is 36.2 Å². The molecule has 1 saturated heterocycles. The number of para-hydroxylation sites is 1. The first-order valence-corrected chi connectivity index (χ1v) is 7.70. The van der Waals surface area contributed by atoms with Gasteiger partial charge in [0.1, 0.15) is 0 Å². The van der Waals surface area contributed by atoms with Crippen LogP contribution in [0, 0.1) is 0 Å². The molecular formula is C14H17N3OS. The molecule has 0 radical (unpaired) electrons. The summed E-state index contributed by atoms with van der Waals surface area (Å²) in [6.07, 6.45) is 3.74. The molecule has 100 valence electrons. The van der Waals surface area contributed by atoms with E-state index in [4.69, 9.17) is 4.52 Å². The Morgan fingerprint density at radius 1 is 1.26 bits per heavy atom. The van der Waals surface area contributed by atoms with Crippen LogP contribution in [-0.2, 0) is 6.54 Å². The second-order valence-corrected chi connectivity index (χ2v) is 5.93. The van der Waals surface area contributed by atoms with Crippen LogP contribution < -0.4 is 5.32 Å². The normalized spacial score (nSPS) is 19.3. The zero-order chi connectivity index (χ0) is 12.9. The number of nitrogens with zero attached hydrogens (tertiary/aromatic N) is 2. The summed E-state index contributed by atoms with van der Waals surface area (Å²) in [4.78, 5) is 4.49. The molecule has 1 atom stereocenters. The molecule has 19 heavy (non-hydrogen) atoms. The van der Waals surface area contributed by atoms with Crippen LogP contribution >= 0.6 is 11.8 Å². The van der Waals surface area contributed by atoms with Gasteiger partial charge in [-0.25, -0.2) is 0 Å². The third-order valence-corrected chi connectivity index (χ3v) is 4.54. The fourth-order valence-corrected chi connectivity index (χ4v) is 3.38. The van der Waals surface area contributed by atoms with Gasteiger partial charge >= 0.3 is 0 Å². The summed E-state index contributed by atoms with van der Waals surface area (Å²) in [5, 5.41) is 7.80. The van der Waals surface area contributed by atoms with Gasteiger partial charge in [0.15, 0.2) is 5.82 Å². The van der Waals surface area contributed by atoms with Crippen molar-refractivity contribution in [2.45, 2.75) is 31.1 Å². The summed E-state index contributed by atoms with van der Waals surface area (Å²) >= 11 is 1.94. The number of hydrogen-bond donors (Lipinski definition) is 1. The standard InChI is InChI=1S/C14H17N3OS/c1-2-6-11(7-3-1)15-10-13-16-14(17-18-13)12-8-4-5-9-19-12/h1-3,6-7,12,15H,4-5,8-10H2. The number of anilines is 1. The van der Waals surface area contributed by atoms with E-state index >= 15 is 0 Å². The van der Waals surface area contributed by atoms with Gasteiger partial charge < -0.3 is 9.84 Å². The summed E-state index contributed by atoms with van der Waals surface area (Å²) in [6, 6.07) is 10.0. The second-order valence-electron chi connectivity index (χ2n) is 4.62. The molecule has 1 unspecified atom stereocenters. The lowest BCUT2D eigenvalue weighted by Gasteiger charge is -2.17. The molecule has 5 heteroatoms. The van der Waals surface area contributed by atoms with E-state index in [0.717, 1.165) is 17.9 Å². The Balaban J connectivity index is 1.58. The van der Waals surface area contributed by atoms with E-state index in [1.165, 1.54) is 18.6 Å². The van der Waals surface area contributed by atoms with Gasteiger partial charge in [0.2, 0.25) is 5.89 Å². The van der Waals surface area contributed by atoms with Crippen LogP contribution in [-0.4, -0.2) is 15.9 Å². The van der Waals surface area contributed by atoms with Crippen molar-refractivity contribution >= 4 is 17.4 Å². The average Bonchev–Trinajstić information content (AvgIpc) is 2.96. The quantitative estimate of drug-likeness (QED) is 0.923. The van der Waals surface area contributed by atoms with Crippen LogP contribution in [0.3, 0.4) is 0 Å². The van der Waals surface area contributed by atoms with Gasteiger partial charge in [-0.2, -0.15) is 16.7 Å². The summed E-state index contributed by atoms with van der Waals surface area (Å²) in [5.74, 6) is 2.72. The third kappa shape index (κ3) is 3.29. The first kappa shape index (κ1) is 12.5. The minimum absolute atomic E-state index is 0.419. The first-order valence-electron chi connectivity index (χ1n) is 6.65. The minimum atomic E-state index is 0.419. The van der Waals surface area contributed by atoms with Gasteiger partial charge in [0, 0.05) is 5.69 Å². The van der Waals surface area contributed by atoms with Gasteiger partial charge in [-0.05, 0) is 30.7 Å². The molecule has 0 spiro atoms. The van der Waals surface area contributed by atoms with Crippen LogP contribution in [0.5, 0.6) is 0 Å². The molecule has 2 aromatic rings. The van der Waals surface area contributed by atoms with E-state index in [2.05, 4.69) is 15.5 Å². The van der Waals surface area contributed by atoms with Crippen molar-refractivity contribution in [1.82, 2.24) is 10.1 Å². The van der Waals surface area contributed by atoms with Crippen LogP contribution in [0.2, 0.25) is 0 Å². The van der Waals surface area contributed by atoms with E-state index in [0.29, 0.717) is 17.7 Å². The Bertz CT molecular complexity index is 508. The van der Waals surface area contributed by atoms with Crippen molar-refractivity contribution in [3.8, 4) is 0 Å². The predicted octanol–water partition coefficient (Wildman–Crippen LogP) is 3.64. The first-order chi connectivity index (χ1) is 9.42. The average molecular weight is 275 g/mol. The van der Waals surface area contributed by atoms with Gasteiger partial charge in [-0.1, -0.05) is 29.8 Å². The zero-order valence-electron chi connectivity index (χ0n) is 10.7. The second kappa shape index (κ2) is 6.10. The van der Waals surface area contributed by atoms with E-state index in [1.54, 1.807) is 0 Å². The highest BCUT2D eigenvalue weighted by atomic mass is 32.2. The highest BCUT2D eigenvalue weighted by molar-refractivity contribution is 7.99. The number of nitrogens with one attached hydrogen (secondary N) is 1. The summed E-state index contributed by atoms with van der Waals surface area (Å²) < 4.78 is 5.30. The van der Waals surface area contributed by atoms with Gasteiger partial charge in [0.05, 0.1) is 11.8 Å². The number of rotatable bonds is 4. The molecule has 1 fully saturated rings. The van der Waals surface area contributed by atoms with Crippen molar-refractivity contribution in [3.63, 3.8) is 0 Å². The minimum Gasteiger partial charge on any atom is -0.376 e. The Labute approximate surface area is 117 Å². The maximum atomic E-state index is 5.30. The van der Waals surface area contributed by atoms with Crippen LogP contribution in [0.4, 0.5) is 5.69 Å². The molecule has 0 amide bonds. The number of benzene rings is 1. The van der Waals surface area contributed by atoms with Gasteiger partial charge in [-0.15, -0.1) is 0 Å². The Morgan fingerprint density at radius 2 is 2.16 bits per heavy atom.